The number of halogens is 1. The van der Waals surface area contributed by atoms with Crippen molar-refractivity contribution >= 4 is 10.3 Å². The Morgan fingerprint density at radius 3 is 2.68 bits per heavy atom. The molecule has 3 aliphatic rings. The summed E-state index contributed by atoms with van der Waals surface area (Å²) in [7, 11) is -2.62. The van der Waals surface area contributed by atoms with Crippen molar-refractivity contribution < 1.29 is 21.7 Å². The van der Waals surface area contributed by atoms with Gasteiger partial charge in [-0.1, -0.05) is 13.3 Å². The van der Waals surface area contributed by atoms with Crippen LogP contribution in [0.2, 0.25) is 0 Å². The molecule has 1 aromatic rings. The summed E-state index contributed by atoms with van der Waals surface area (Å²) in [5.74, 6) is 1.81. The van der Waals surface area contributed by atoms with Crippen molar-refractivity contribution in [2.24, 2.45) is 22.4 Å². The van der Waals surface area contributed by atoms with Gasteiger partial charge in [-0.2, -0.15) is 13.6 Å². The van der Waals surface area contributed by atoms with Gasteiger partial charge in [-0.15, -0.1) is 0 Å². The number of benzene rings is 1. The van der Waals surface area contributed by atoms with E-state index in [9.17, 15) is 8.42 Å². The predicted molar refractivity (Wildman–Crippen MR) is 105 cm³/mol. The van der Waals surface area contributed by atoms with Gasteiger partial charge < -0.3 is 8.92 Å². The lowest BCUT2D eigenvalue weighted by molar-refractivity contribution is -0.0784. The van der Waals surface area contributed by atoms with Crippen molar-refractivity contribution in [1.29, 1.82) is 0 Å². The largest absolute Gasteiger partial charge is 0.493 e. The van der Waals surface area contributed by atoms with Crippen LogP contribution in [0.1, 0.15) is 68.9 Å². The van der Waals surface area contributed by atoms with E-state index in [2.05, 4.69) is 6.92 Å². The summed E-state index contributed by atoms with van der Waals surface area (Å²) in [4.78, 5) is 0. The molecule has 2 N–H and O–H groups in total. The van der Waals surface area contributed by atoms with Crippen LogP contribution in [-0.4, -0.2) is 21.7 Å². The van der Waals surface area contributed by atoms with Crippen molar-refractivity contribution in [3.05, 3.63) is 23.3 Å². The molecule has 0 amide bonds. The summed E-state index contributed by atoms with van der Waals surface area (Å²) in [5.41, 5.74) is 2.15. The molecule has 0 saturated heterocycles. The quantitative estimate of drug-likeness (QED) is 0.803. The molecule has 7 heteroatoms. The summed E-state index contributed by atoms with van der Waals surface area (Å²) in [6.45, 7) is 2.15. The second-order valence-corrected chi connectivity index (χ2v) is 9.87. The fraction of sp³-hybridized carbons (Fsp3) is 0.714. The lowest BCUT2D eigenvalue weighted by atomic mass is 9.49. The zero-order valence-corrected chi connectivity index (χ0v) is 17.4. The molecule has 4 rings (SSSR count). The molecule has 156 valence electrons. The van der Waals surface area contributed by atoms with E-state index in [4.69, 9.17) is 14.1 Å². The number of fused-ring (bicyclic) bond motifs is 5. The van der Waals surface area contributed by atoms with Gasteiger partial charge in [0, 0.05) is 5.41 Å². The first-order chi connectivity index (χ1) is 13.3. The highest BCUT2D eigenvalue weighted by atomic mass is 32.2. The summed E-state index contributed by atoms with van der Waals surface area (Å²) in [5, 5.41) is 5.05. The van der Waals surface area contributed by atoms with Gasteiger partial charge in [-0.3, -0.25) is 0 Å². The van der Waals surface area contributed by atoms with Crippen molar-refractivity contribution in [2.75, 3.05) is 7.11 Å². The van der Waals surface area contributed by atoms with E-state index in [1.807, 2.05) is 6.07 Å². The van der Waals surface area contributed by atoms with E-state index in [1.165, 1.54) is 12.7 Å². The minimum absolute atomic E-state index is 0.141. The van der Waals surface area contributed by atoms with Gasteiger partial charge in [0.2, 0.25) is 0 Å². The topological polar surface area (TPSA) is 78.6 Å². The van der Waals surface area contributed by atoms with Crippen LogP contribution < -0.4 is 14.1 Å². The lowest BCUT2D eigenvalue weighted by Crippen LogP contribution is -2.51. The fourth-order valence-electron chi connectivity index (χ4n) is 6.53. The van der Waals surface area contributed by atoms with Crippen LogP contribution in [0.25, 0.3) is 0 Å². The molecule has 0 heterocycles. The van der Waals surface area contributed by atoms with E-state index in [-0.39, 0.29) is 11.2 Å². The number of ether oxygens (including phenoxy) is 1. The molecular weight excluding hydrogens is 381 g/mol. The van der Waals surface area contributed by atoms with Crippen LogP contribution in [0.4, 0.5) is 4.39 Å². The Morgan fingerprint density at radius 2 is 2.00 bits per heavy atom. The van der Waals surface area contributed by atoms with Gasteiger partial charge in [0.05, 0.1) is 7.11 Å². The Hall–Kier alpha value is -1.34. The van der Waals surface area contributed by atoms with Crippen molar-refractivity contribution in [2.45, 2.75) is 70.4 Å². The number of hydrogen-bond acceptors (Lipinski definition) is 4. The normalized spacial score (nSPS) is 34.7. The highest BCUT2D eigenvalue weighted by Gasteiger charge is 2.54. The van der Waals surface area contributed by atoms with Crippen LogP contribution in [0.15, 0.2) is 12.1 Å². The number of aryl methyl sites for hydroxylation is 1. The maximum Gasteiger partial charge on any atom is 0.380 e. The zero-order valence-electron chi connectivity index (χ0n) is 16.6. The smallest absolute Gasteiger partial charge is 0.380 e. The third kappa shape index (κ3) is 3.20. The van der Waals surface area contributed by atoms with Crippen molar-refractivity contribution in [3.8, 4) is 11.5 Å². The van der Waals surface area contributed by atoms with E-state index in [0.29, 0.717) is 29.9 Å². The Labute approximate surface area is 167 Å². The minimum Gasteiger partial charge on any atom is -0.493 e. The number of rotatable bonds is 4. The minimum atomic E-state index is -4.11. The van der Waals surface area contributed by atoms with Crippen LogP contribution in [0, 0.1) is 17.3 Å². The van der Waals surface area contributed by atoms with E-state index >= 15 is 4.39 Å². The molecule has 28 heavy (non-hydrogen) atoms. The van der Waals surface area contributed by atoms with Crippen molar-refractivity contribution in [1.82, 2.24) is 0 Å². The maximum atomic E-state index is 15.1. The first kappa shape index (κ1) is 20.0. The van der Waals surface area contributed by atoms with E-state index in [1.54, 1.807) is 6.07 Å². The van der Waals surface area contributed by atoms with E-state index < -0.39 is 16.5 Å². The van der Waals surface area contributed by atoms with E-state index in [0.717, 1.165) is 50.5 Å². The molecule has 0 radical (unpaired) electrons. The molecular formula is C21H30FNO4S. The fourth-order valence-corrected chi connectivity index (χ4v) is 6.91. The average molecular weight is 412 g/mol. The van der Waals surface area contributed by atoms with Crippen LogP contribution in [0.3, 0.4) is 0 Å². The van der Waals surface area contributed by atoms with Gasteiger partial charge in [-0.25, -0.2) is 4.39 Å². The van der Waals surface area contributed by atoms with Crippen LogP contribution in [-0.2, 0) is 16.7 Å². The molecule has 2 saturated carbocycles. The SMILES string of the molecule is CC[C@]12CC[C@@H]3c4cc(OC)c(OS(N)(=O)=O)cc4CC[C@H]3[C@@H]1CCCC2F. The summed E-state index contributed by atoms with van der Waals surface area (Å²) in [6, 6.07) is 3.68. The Bertz CT molecular complexity index is 858. The van der Waals surface area contributed by atoms with Crippen LogP contribution in [0.5, 0.6) is 11.5 Å². The van der Waals surface area contributed by atoms with Gasteiger partial charge in [0.15, 0.2) is 11.5 Å². The zero-order chi connectivity index (χ0) is 20.1. The number of hydrogen-bond donors (Lipinski definition) is 1. The molecule has 5 atom stereocenters. The Kier molecular flexibility index (Phi) is 5.11. The summed E-state index contributed by atoms with van der Waals surface area (Å²) < 4.78 is 48.2. The first-order valence-electron chi connectivity index (χ1n) is 10.4. The lowest BCUT2D eigenvalue weighted by Gasteiger charge is -2.56. The molecule has 5 nitrogen and oxygen atoms in total. The molecule has 2 fully saturated rings. The standard InChI is InChI=1S/C21H30FNO4S/c1-3-21-10-9-14-15(17(21)5-4-6-20(21)22)8-7-13-11-19(27-28(23,24)25)18(26-2)12-16(13)14/h11-12,14-15,17,20H,3-10H2,1-2H3,(H2,23,24,25)/t14-,15+,17-,20?,21-/m0/s1. The number of nitrogens with two attached hydrogens (primary N) is 1. The molecule has 3 aliphatic carbocycles. The predicted octanol–water partition coefficient (Wildman–Crippen LogP) is 4.25. The summed E-state index contributed by atoms with van der Waals surface area (Å²) >= 11 is 0. The van der Waals surface area contributed by atoms with Gasteiger partial charge in [0.25, 0.3) is 0 Å². The Morgan fingerprint density at radius 1 is 1.21 bits per heavy atom. The van der Waals surface area contributed by atoms with Crippen LogP contribution >= 0.6 is 0 Å². The van der Waals surface area contributed by atoms with Crippen molar-refractivity contribution in [3.63, 3.8) is 0 Å². The Balaban J connectivity index is 1.71. The highest BCUT2D eigenvalue weighted by molar-refractivity contribution is 7.84. The molecule has 0 bridgehead atoms. The molecule has 0 spiro atoms. The summed E-state index contributed by atoms with van der Waals surface area (Å²) in [6.07, 6.45) is 6.79. The highest BCUT2D eigenvalue weighted by Crippen LogP contribution is 2.62. The molecule has 0 aliphatic heterocycles. The third-order valence-electron chi connectivity index (χ3n) is 7.73. The van der Waals surface area contributed by atoms with Gasteiger partial charge >= 0.3 is 10.3 Å². The first-order valence-corrected chi connectivity index (χ1v) is 11.8. The average Bonchev–Trinajstić information content (AvgIpc) is 2.66. The van der Waals surface area contributed by atoms with Gasteiger partial charge in [0.1, 0.15) is 6.17 Å². The molecule has 0 aromatic heterocycles. The third-order valence-corrected chi connectivity index (χ3v) is 8.14. The molecule has 1 aromatic carbocycles. The van der Waals surface area contributed by atoms with Gasteiger partial charge in [-0.05, 0) is 86.0 Å². The molecule has 1 unspecified atom stereocenters. The number of alkyl halides is 1. The monoisotopic (exact) mass is 411 g/mol. The second kappa shape index (κ2) is 7.17. The maximum absolute atomic E-state index is 15.1. The second-order valence-electron chi connectivity index (χ2n) is 8.72. The number of methoxy groups -OCH3 is 1.